The SMILES string of the molecule is CS(=O)(=O)c1cnc(NCCc2cn[nH]c2)nc1C1CCCNC1. The topological polar surface area (TPSA) is 113 Å². The number of rotatable bonds is 6. The Labute approximate surface area is 141 Å². The molecule has 0 amide bonds. The van der Waals surface area contributed by atoms with Crippen molar-refractivity contribution in [2.24, 2.45) is 0 Å². The highest BCUT2D eigenvalue weighted by Gasteiger charge is 2.25. The first-order valence-corrected chi connectivity index (χ1v) is 9.92. The summed E-state index contributed by atoms with van der Waals surface area (Å²) in [6, 6.07) is 0. The second-order valence-electron chi connectivity index (χ2n) is 6.04. The molecule has 0 aromatic carbocycles. The van der Waals surface area contributed by atoms with Crippen LogP contribution in [0.25, 0.3) is 0 Å². The fourth-order valence-electron chi connectivity index (χ4n) is 2.87. The van der Waals surface area contributed by atoms with Crippen LogP contribution in [0, 0.1) is 0 Å². The standard InChI is InChI=1S/C15H22N6O2S/c1-24(22,23)13-10-18-15(17-6-4-11-7-19-20-8-11)21-14(13)12-3-2-5-16-9-12/h7-8,10,12,16H,2-6,9H2,1H3,(H,19,20)(H,17,18,21). The van der Waals surface area contributed by atoms with Crippen molar-refractivity contribution in [1.29, 1.82) is 0 Å². The molecule has 1 aliphatic rings. The predicted octanol–water partition coefficient (Wildman–Crippen LogP) is 0.725. The third-order valence-corrected chi connectivity index (χ3v) is 5.23. The van der Waals surface area contributed by atoms with Crippen LogP contribution in [0.15, 0.2) is 23.5 Å². The first-order chi connectivity index (χ1) is 11.5. The third kappa shape index (κ3) is 4.09. The van der Waals surface area contributed by atoms with E-state index in [4.69, 9.17) is 0 Å². The zero-order valence-electron chi connectivity index (χ0n) is 13.6. The minimum atomic E-state index is -3.35. The van der Waals surface area contributed by atoms with Crippen molar-refractivity contribution < 1.29 is 8.42 Å². The van der Waals surface area contributed by atoms with Gasteiger partial charge in [0.15, 0.2) is 9.84 Å². The van der Waals surface area contributed by atoms with E-state index in [1.165, 1.54) is 12.5 Å². The Morgan fingerprint density at radius 1 is 1.38 bits per heavy atom. The van der Waals surface area contributed by atoms with E-state index in [0.717, 1.165) is 37.9 Å². The molecule has 2 aromatic rings. The quantitative estimate of drug-likeness (QED) is 0.704. The summed E-state index contributed by atoms with van der Waals surface area (Å²) < 4.78 is 24.1. The van der Waals surface area contributed by atoms with Gasteiger partial charge in [-0.2, -0.15) is 5.10 Å². The Kier molecular flexibility index (Phi) is 5.10. The van der Waals surface area contributed by atoms with E-state index in [1.54, 1.807) is 6.20 Å². The zero-order valence-corrected chi connectivity index (χ0v) is 14.4. The summed E-state index contributed by atoms with van der Waals surface area (Å²) in [6.07, 6.45) is 8.98. The first-order valence-electron chi connectivity index (χ1n) is 8.03. The second kappa shape index (κ2) is 7.27. The van der Waals surface area contributed by atoms with E-state index in [-0.39, 0.29) is 10.8 Å². The van der Waals surface area contributed by atoms with Crippen molar-refractivity contribution in [3.63, 3.8) is 0 Å². The summed E-state index contributed by atoms with van der Waals surface area (Å²) in [4.78, 5) is 8.92. The third-order valence-electron chi connectivity index (χ3n) is 4.12. The van der Waals surface area contributed by atoms with Crippen molar-refractivity contribution >= 4 is 15.8 Å². The minimum Gasteiger partial charge on any atom is -0.354 e. The highest BCUT2D eigenvalue weighted by Crippen LogP contribution is 2.27. The maximum atomic E-state index is 12.0. The average Bonchev–Trinajstić information content (AvgIpc) is 3.08. The number of hydrogen-bond donors (Lipinski definition) is 3. The Morgan fingerprint density at radius 3 is 2.92 bits per heavy atom. The molecule has 0 aliphatic carbocycles. The molecule has 1 saturated heterocycles. The Balaban J connectivity index is 1.78. The number of nitrogens with zero attached hydrogens (tertiary/aromatic N) is 3. The van der Waals surface area contributed by atoms with Crippen molar-refractivity contribution in [3.05, 3.63) is 29.8 Å². The number of nitrogens with one attached hydrogen (secondary N) is 3. The summed E-state index contributed by atoms with van der Waals surface area (Å²) >= 11 is 0. The Bertz CT molecular complexity index is 769. The van der Waals surface area contributed by atoms with E-state index in [0.29, 0.717) is 18.2 Å². The van der Waals surface area contributed by atoms with Gasteiger partial charge in [-0.3, -0.25) is 5.10 Å². The minimum absolute atomic E-state index is 0.0981. The number of aromatic nitrogens is 4. The lowest BCUT2D eigenvalue weighted by Crippen LogP contribution is -2.30. The van der Waals surface area contributed by atoms with E-state index in [1.807, 2.05) is 6.20 Å². The smallest absolute Gasteiger partial charge is 0.222 e. The van der Waals surface area contributed by atoms with Crippen LogP contribution >= 0.6 is 0 Å². The first kappa shape index (κ1) is 16.8. The highest BCUT2D eigenvalue weighted by molar-refractivity contribution is 7.90. The lowest BCUT2D eigenvalue weighted by molar-refractivity contribution is 0.448. The van der Waals surface area contributed by atoms with Gasteiger partial charge in [-0.25, -0.2) is 18.4 Å². The predicted molar refractivity (Wildman–Crippen MR) is 90.8 cm³/mol. The van der Waals surface area contributed by atoms with E-state index in [9.17, 15) is 8.42 Å². The number of aromatic amines is 1. The Hall–Kier alpha value is -2.00. The van der Waals surface area contributed by atoms with Gasteiger partial charge in [-0.15, -0.1) is 0 Å². The molecule has 24 heavy (non-hydrogen) atoms. The molecule has 0 spiro atoms. The molecule has 0 radical (unpaired) electrons. The van der Waals surface area contributed by atoms with Gasteiger partial charge >= 0.3 is 0 Å². The lowest BCUT2D eigenvalue weighted by atomic mass is 9.96. The van der Waals surface area contributed by atoms with Gasteiger partial charge < -0.3 is 10.6 Å². The summed E-state index contributed by atoms with van der Waals surface area (Å²) in [5.74, 6) is 0.562. The van der Waals surface area contributed by atoms with Crippen LogP contribution in [0.3, 0.4) is 0 Å². The van der Waals surface area contributed by atoms with Crippen LogP contribution in [0.4, 0.5) is 5.95 Å². The average molecular weight is 350 g/mol. The number of H-pyrrole nitrogens is 1. The number of anilines is 1. The number of hydrogen-bond acceptors (Lipinski definition) is 7. The van der Waals surface area contributed by atoms with Crippen molar-refractivity contribution in [2.75, 3.05) is 31.2 Å². The van der Waals surface area contributed by atoms with Crippen LogP contribution in [0.1, 0.15) is 30.0 Å². The van der Waals surface area contributed by atoms with Gasteiger partial charge in [-0.05, 0) is 31.4 Å². The van der Waals surface area contributed by atoms with Crippen LogP contribution < -0.4 is 10.6 Å². The van der Waals surface area contributed by atoms with Gasteiger partial charge in [0.2, 0.25) is 5.95 Å². The van der Waals surface area contributed by atoms with Gasteiger partial charge in [0, 0.05) is 31.5 Å². The van der Waals surface area contributed by atoms with Crippen LogP contribution in [-0.4, -0.2) is 54.5 Å². The monoisotopic (exact) mass is 350 g/mol. The lowest BCUT2D eigenvalue weighted by Gasteiger charge is -2.24. The molecule has 1 atom stereocenters. The second-order valence-corrected chi connectivity index (χ2v) is 8.03. The molecule has 2 aromatic heterocycles. The fourth-order valence-corrected chi connectivity index (χ4v) is 3.70. The number of sulfone groups is 1. The molecule has 1 fully saturated rings. The fraction of sp³-hybridized carbons (Fsp3) is 0.533. The molecule has 1 unspecified atom stereocenters. The molecule has 3 rings (SSSR count). The van der Waals surface area contributed by atoms with Crippen molar-refractivity contribution in [2.45, 2.75) is 30.1 Å². The van der Waals surface area contributed by atoms with Gasteiger partial charge in [0.05, 0.1) is 18.1 Å². The van der Waals surface area contributed by atoms with Crippen LogP contribution in [0.5, 0.6) is 0 Å². The van der Waals surface area contributed by atoms with Gasteiger partial charge in [-0.1, -0.05) is 0 Å². The molecule has 0 bridgehead atoms. The molecular formula is C15H22N6O2S. The Morgan fingerprint density at radius 2 is 2.25 bits per heavy atom. The highest BCUT2D eigenvalue weighted by atomic mass is 32.2. The molecule has 130 valence electrons. The van der Waals surface area contributed by atoms with Crippen LogP contribution in [0.2, 0.25) is 0 Å². The van der Waals surface area contributed by atoms with Crippen molar-refractivity contribution in [3.8, 4) is 0 Å². The molecule has 3 N–H and O–H groups in total. The van der Waals surface area contributed by atoms with E-state index in [2.05, 4.69) is 30.8 Å². The summed E-state index contributed by atoms with van der Waals surface area (Å²) in [5.41, 5.74) is 1.71. The molecule has 9 heteroatoms. The molecule has 3 heterocycles. The maximum Gasteiger partial charge on any atom is 0.222 e. The molecule has 1 aliphatic heterocycles. The number of piperidine rings is 1. The molecule has 8 nitrogen and oxygen atoms in total. The summed E-state index contributed by atoms with van der Waals surface area (Å²) in [6.45, 7) is 2.36. The molecular weight excluding hydrogens is 328 g/mol. The largest absolute Gasteiger partial charge is 0.354 e. The summed E-state index contributed by atoms with van der Waals surface area (Å²) in [5, 5.41) is 13.1. The van der Waals surface area contributed by atoms with E-state index < -0.39 is 9.84 Å². The van der Waals surface area contributed by atoms with Gasteiger partial charge in [0.25, 0.3) is 0 Å². The van der Waals surface area contributed by atoms with Gasteiger partial charge in [0.1, 0.15) is 4.90 Å². The van der Waals surface area contributed by atoms with E-state index >= 15 is 0 Å². The van der Waals surface area contributed by atoms with Crippen LogP contribution in [-0.2, 0) is 16.3 Å². The molecule has 0 saturated carbocycles. The maximum absolute atomic E-state index is 12.0. The zero-order chi connectivity index (χ0) is 17.0. The normalized spacial score (nSPS) is 18.5. The van der Waals surface area contributed by atoms with Crippen molar-refractivity contribution in [1.82, 2.24) is 25.5 Å². The summed E-state index contributed by atoms with van der Waals surface area (Å²) in [7, 11) is -3.35.